The number of benzene rings is 2. The molecule has 0 aromatic heterocycles. The zero-order valence-electron chi connectivity index (χ0n) is 10.8. The molecule has 6 heteroatoms. The van der Waals surface area contributed by atoms with E-state index in [0.717, 1.165) is 10.0 Å². The van der Waals surface area contributed by atoms with Crippen LogP contribution in [0.2, 0.25) is 5.02 Å². The fraction of sp³-hybridized carbons (Fsp3) is 0.0667. The number of carboxylic acid groups (broad SMARTS) is 1. The van der Waals surface area contributed by atoms with Gasteiger partial charge in [-0.05, 0) is 35.9 Å². The standard InChI is InChI=1S/C15H11BrClNO3/c16-10-3-1-9(2-4-10)7-14(19)18-13-8-11(17)5-6-12(13)15(20)21/h1-6,8H,7H2,(H,18,19)(H,20,21). The molecular weight excluding hydrogens is 358 g/mol. The third-order valence-electron chi connectivity index (χ3n) is 2.76. The van der Waals surface area contributed by atoms with Crippen LogP contribution < -0.4 is 5.32 Å². The topological polar surface area (TPSA) is 66.4 Å². The molecule has 0 heterocycles. The predicted molar refractivity (Wildman–Crippen MR) is 84.9 cm³/mol. The Morgan fingerprint density at radius 3 is 2.43 bits per heavy atom. The first-order chi connectivity index (χ1) is 9.95. The number of carboxylic acids is 1. The van der Waals surface area contributed by atoms with Crippen LogP contribution in [0.1, 0.15) is 15.9 Å². The summed E-state index contributed by atoms with van der Waals surface area (Å²) in [7, 11) is 0. The first-order valence-electron chi connectivity index (χ1n) is 6.03. The first-order valence-corrected chi connectivity index (χ1v) is 7.20. The maximum absolute atomic E-state index is 12.0. The minimum absolute atomic E-state index is 0.00329. The van der Waals surface area contributed by atoms with Gasteiger partial charge in [0, 0.05) is 9.50 Å². The van der Waals surface area contributed by atoms with Crippen molar-refractivity contribution in [3.63, 3.8) is 0 Å². The molecule has 1 amide bonds. The average molecular weight is 369 g/mol. The lowest BCUT2D eigenvalue weighted by atomic mass is 10.1. The minimum atomic E-state index is -1.12. The van der Waals surface area contributed by atoms with Gasteiger partial charge in [0.2, 0.25) is 5.91 Å². The van der Waals surface area contributed by atoms with Crippen molar-refractivity contribution in [1.82, 2.24) is 0 Å². The van der Waals surface area contributed by atoms with E-state index in [0.29, 0.717) is 5.02 Å². The van der Waals surface area contributed by atoms with Crippen LogP contribution in [0.3, 0.4) is 0 Å². The van der Waals surface area contributed by atoms with Crippen LogP contribution in [-0.2, 0) is 11.2 Å². The van der Waals surface area contributed by atoms with Gasteiger partial charge >= 0.3 is 5.97 Å². The molecule has 0 aliphatic carbocycles. The number of rotatable bonds is 4. The summed E-state index contributed by atoms with van der Waals surface area (Å²) in [5, 5.41) is 12.0. The quantitative estimate of drug-likeness (QED) is 0.858. The van der Waals surface area contributed by atoms with E-state index in [1.54, 1.807) is 0 Å². The fourth-order valence-electron chi connectivity index (χ4n) is 1.79. The lowest BCUT2D eigenvalue weighted by Gasteiger charge is -2.09. The van der Waals surface area contributed by atoms with Gasteiger partial charge < -0.3 is 10.4 Å². The molecule has 2 aromatic carbocycles. The molecule has 0 aliphatic rings. The second kappa shape index (κ2) is 6.74. The van der Waals surface area contributed by atoms with E-state index in [2.05, 4.69) is 21.2 Å². The monoisotopic (exact) mass is 367 g/mol. The molecule has 0 saturated carbocycles. The van der Waals surface area contributed by atoms with Crippen molar-refractivity contribution in [3.8, 4) is 0 Å². The Morgan fingerprint density at radius 1 is 1.14 bits per heavy atom. The van der Waals surface area contributed by atoms with Crippen LogP contribution in [0.15, 0.2) is 46.9 Å². The molecule has 0 saturated heterocycles. The molecule has 21 heavy (non-hydrogen) atoms. The van der Waals surface area contributed by atoms with Gasteiger partial charge in [0.1, 0.15) is 0 Å². The van der Waals surface area contributed by atoms with Crippen LogP contribution in [0.25, 0.3) is 0 Å². The van der Waals surface area contributed by atoms with Gasteiger partial charge in [-0.25, -0.2) is 4.79 Å². The smallest absolute Gasteiger partial charge is 0.337 e. The van der Waals surface area contributed by atoms with Gasteiger partial charge in [-0.2, -0.15) is 0 Å². The highest BCUT2D eigenvalue weighted by Crippen LogP contribution is 2.21. The molecule has 0 radical (unpaired) electrons. The molecular formula is C15H11BrClNO3. The maximum Gasteiger partial charge on any atom is 0.337 e. The van der Waals surface area contributed by atoms with Crippen molar-refractivity contribution in [2.24, 2.45) is 0 Å². The van der Waals surface area contributed by atoms with Gasteiger partial charge in [0.25, 0.3) is 0 Å². The van der Waals surface area contributed by atoms with Gasteiger partial charge in [0.15, 0.2) is 0 Å². The summed E-state index contributed by atoms with van der Waals surface area (Å²) in [4.78, 5) is 23.1. The van der Waals surface area contributed by atoms with Crippen molar-refractivity contribution in [2.75, 3.05) is 5.32 Å². The largest absolute Gasteiger partial charge is 0.478 e. The summed E-state index contributed by atoms with van der Waals surface area (Å²) in [6, 6.07) is 11.6. The van der Waals surface area contributed by atoms with E-state index in [1.807, 2.05) is 24.3 Å². The summed E-state index contributed by atoms with van der Waals surface area (Å²) < 4.78 is 0.926. The van der Waals surface area contributed by atoms with E-state index in [1.165, 1.54) is 18.2 Å². The SMILES string of the molecule is O=C(Cc1ccc(Br)cc1)Nc1cc(Cl)ccc1C(=O)O. The molecule has 0 fully saturated rings. The minimum Gasteiger partial charge on any atom is -0.478 e. The summed E-state index contributed by atoms with van der Waals surface area (Å²) in [6.07, 6.45) is 0.152. The summed E-state index contributed by atoms with van der Waals surface area (Å²) in [6.45, 7) is 0. The Bertz CT molecular complexity index is 686. The van der Waals surface area contributed by atoms with Crippen molar-refractivity contribution >= 4 is 45.1 Å². The number of hydrogen-bond donors (Lipinski definition) is 2. The molecule has 2 rings (SSSR count). The molecule has 2 N–H and O–H groups in total. The zero-order valence-corrected chi connectivity index (χ0v) is 13.1. The first kappa shape index (κ1) is 15.5. The zero-order chi connectivity index (χ0) is 15.4. The summed E-state index contributed by atoms with van der Waals surface area (Å²) >= 11 is 9.15. The normalized spacial score (nSPS) is 10.2. The number of carbonyl (C=O) groups excluding carboxylic acids is 1. The summed E-state index contributed by atoms with van der Waals surface area (Å²) in [5.41, 5.74) is 1.02. The molecule has 2 aromatic rings. The van der Waals surface area contributed by atoms with E-state index >= 15 is 0 Å². The van der Waals surface area contributed by atoms with Gasteiger partial charge in [-0.3, -0.25) is 4.79 Å². The second-order valence-corrected chi connectivity index (χ2v) is 5.70. The van der Waals surface area contributed by atoms with Crippen molar-refractivity contribution in [3.05, 3.63) is 63.1 Å². The van der Waals surface area contributed by atoms with Crippen LogP contribution >= 0.6 is 27.5 Å². The number of carbonyl (C=O) groups is 2. The molecule has 0 unspecified atom stereocenters. The van der Waals surface area contributed by atoms with Crippen molar-refractivity contribution in [1.29, 1.82) is 0 Å². The van der Waals surface area contributed by atoms with Gasteiger partial charge in [-0.1, -0.05) is 39.7 Å². The van der Waals surface area contributed by atoms with Crippen LogP contribution in [0, 0.1) is 0 Å². The predicted octanol–water partition coefficient (Wildman–Crippen LogP) is 3.98. The average Bonchev–Trinajstić information content (AvgIpc) is 2.41. The van der Waals surface area contributed by atoms with Gasteiger partial charge in [-0.15, -0.1) is 0 Å². The van der Waals surface area contributed by atoms with Crippen LogP contribution in [0.4, 0.5) is 5.69 Å². The Hall–Kier alpha value is -1.85. The fourth-order valence-corrected chi connectivity index (χ4v) is 2.22. The van der Waals surface area contributed by atoms with Crippen LogP contribution in [-0.4, -0.2) is 17.0 Å². The molecule has 4 nitrogen and oxygen atoms in total. The second-order valence-electron chi connectivity index (χ2n) is 4.35. The lowest BCUT2D eigenvalue weighted by Crippen LogP contribution is -2.16. The van der Waals surface area contributed by atoms with E-state index in [4.69, 9.17) is 16.7 Å². The number of halogens is 2. The molecule has 108 valence electrons. The van der Waals surface area contributed by atoms with E-state index < -0.39 is 5.97 Å². The number of aromatic carboxylic acids is 1. The highest BCUT2D eigenvalue weighted by Gasteiger charge is 2.13. The number of nitrogens with one attached hydrogen (secondary N) is 1. The Balaban J connectivity index is 2.14. The lowest BCUT2D eigenvalue weighted by molar-refractivity contribution is -0.115. The molecule has 0 atom stereocenters. The molecule has 0 aliphatic heterocycles. The highest BCUT2D eigenvalue weighted by atomic mass is 79.9. The van der Waals surface area contributed by atoms with Gasteiger partial charge in [0.05, 0.1) is 17.7 Å². The number of hydrogen-bond acceptors (Lipinski definition) is 2. The number of anilines is 1. The third kappa shape index (κ3) is 4.31. The Kier molecular flexibility index (Phi) is 4.98. The number of amides is 1. The van der Waals surface area contributed by atoms with E-state index in [9.17, 15) is 9.59 Å². The van der Waals surface area contributed by atoms with Crippen molar-refractivity contribution in [2.45, 2.75) is 6.42 Å². The Morgan fingerprint density at radius 2 is 1.81 bits per heavy atom. The molecule has 0 spiro atoms. The highest BCUT2D eigenvalue weighted by molar-refractivity contribution is 9.10. The van der Waals surface area contributed by atoms with E-state index in [-0.39, 0.29) is 23.6 Å². The molecule has 0 bridgehead atoms. The van der Waals surface area contributed by atoms with Crippen LogP contribution in [0.5, 0.6) is 0 Å². The summed E-state index contributed by atoms with van der Waals surface area (Å²) in [5.74, 6) is -1.42. The maximum atomic E-state index is 12.0. The van der Waals surface area contributed by atoms with Crippen molar-refractivity contribution < 1.29 is 14.7 Å². The third-order valence-corrected chi connectivity index (χ3v) is 3.53. The Labute approximate surface area is 134 Å².